The van der Waals surface area contributed by atoms with Crippen molar-refractivity contribution in [3.8, 4) is 0 Å². The van der Waals surface area contributed by atoms with Gasteiger partial charge in [0.2, 0.25) is 0 Å². The zero-order valence-corrected chi connectivity index (χ0v) is 9.60. The number of ketones is 1. The van der Waals surface area contributed by atoms with Gasteiger partial charge in [0.05, 0.1) is 0 Å². The summed E-state index contributed by atoms with van der Waals surface area (Å²) in [4.78, 5) is 11.5. The van der Waals surface area contributed by atoms with Crippen LogP contribution in [-0.4, -0.2) is 5.78 Å². The second-order valence-corrected chi connectivity index (χ2v) is 4.10. The summed E-state index contributed by atoms with van der Waals surface area (Å²) in [7, 11) is 0. The number of carbonyl (C=O) groups is 1. The predicted octanol–water partition coefficient (Wildman–Crippen LogP) is 3.80. The molecule has 16 heavy (non-hydrogen) atoms. The molecular weight excluding hydrogens is 203 g/mol. The van der Waals surface area contributed by atoms with Gasteiger partial charge in [-0.3, -0.25) is 4.79 Å². The van der Waals surface area contributed by atoms with Crippen LogP contribution in [0.5, 0.6) is 0 Å². The molecule has 0 atom stereocenters. The molecule has 0 aliphatic carbocycles. The number of carbonyl (C=O) groups excluding carboxylic acids is 1. The molecule has 0 bridgehead atoms. The molecule has 0 saturated heterocycles. The molecule has 0 radical (unpaired) electrons. The van der Waals surface area contributed by atoms with Crippen LogP contribution in [0, 0.1) is 19.7 Å². The van der Waals surface area contributed by atoms with E-state index >= 15 is 0 Å². The number of aryl methyl sites for hydroxylation is 2. The maximum absolute atomic E-state index is 13.8. The molecule has 0 unspecified atom stereocenters. The number of halogens is 1. The fourth-order valence-corrected chi connectivity index (χ4v) is 2.12. The van der Waals surface area contributed by atoms with E-state index in [-0.39, 0.29) is 11.6 Å². The lowest BCUT2D eigenvalue weighted by molar-refractivity contribution is 0.101. The monoisotopic (exact) mass is 216 g/mol. The molecule has 82 valence electrons. The molecule has 1 nitrogen and oxygen atoms in total. The van der Waals surface area contributed by atoms with Crippen LogP contribution in [0.3, 0.4) is 0 Å². The normalized spacial score (nSPS) is 10.8. The van der Waals surface area contributed by atoms with Gasteiger partial charge in [-0.25, -0.2) is 4.39 Å². The van der Waals surface area contributed by atoms with E-state index < -0.39 is 0 Å². The topological polar surface area (TPSA) is 17.1 Å². The summed E-state index contributed by atoms with van der Waals surface area (Å²) in [6, 6.07) is 6.73. The number of hydrogen-bond acceptors (Lipinski definition) is 1. The molecule has 0 fully saturated rings. The lowest BCUT2D eigenvalue weighted by atomic mass is 9.95. The van der Waals surface area contributed by atoms with Crippen molar-refractivity contribution < 1.29 is 9.18 Å². The van der Waals surface area contributed by atoms with E-state index in [4.69, 9.17) is 0 Å². The maximum Gasteiger partial charge on any atom is 0.160 e. The fraction of sp³-hybridized carbons (Fsp3) is 0.214. The first-order valence-corrected chi connectivity index (χ1v) is 5.21. The van der Waals surface area contributed by atoms with Crippen LogP contribution in [0.25, 0.3) is 10.8 Å². The SMILES string of the molecule is CC(=O)c1ccc(C)c2c(C)ccc(F)c12. The molecule has 0 amide bonds. The van der Waals surface area contributed by atoms with Crippen molar-refractivity contribution in [3.63, 3.8) is 0 Å². The Balaban J connectivity index is 3.03. The molecule has 2 aromatic rings. The van der Waals surface area contributed by atoms with Gasteiger partial charge in [-0.05, 0) is 43.4 Å². The predicted molar refractivity (Wildman–Crippen MR) is 63.4 cm³/mol. The number of Topliss-reactive ketones (excluding diaryl/α,β-unsaturated/α-hetero) is 1. The summed E-state index contributed by atoms with van der Waals surface area (Å²) in [6.07, 6.45) is 0. The van der Waals surface area contributed by atoms with Gasteiger partial charge in [-0.15, -0.1) is 0 Å². The summed E-state index contributed by atoms with van der Waals surface area (Å²) in [5.74, 6) is -0.427. The van der Waals surface area contributed by atoms with Gasteiger partial charge >= 0.3 is 0 Å². The zero-order valence-electron chi connectivity index (χ0n) is 9.60. The second-order valence-electron chi connectivity index (χ2n) is 4.10. The van der Waals surface area contributed by atoms with Crippen molar-refractivity contribution in [2.75, 3.05) is 0 Å². The van der Waals surface area contributed by atoms with Crippen LogP contribution in [0.4, 0.5) is 4.39 Å². The zero-order chi connectivity index (χ0) is 11.9. The molecule has 0 aliphatic rings. The summed E-state index contributed by atoms with van der Waals surface area (Å²) < 4.78 is 13.8. The van der Waals surface area contributed by atoms with Crippen molar-refractivity contribution in [1.29, 1.82) is 0 Å². The smallest absolute Gasteiger partial charge is 0.160 e. The maximum atomic E-state index is 13.8. The molecule has 2 rings (SSSR count). The number of benzene rings is 2. The highest BCUT2D eigenvalue weighted by Gasteiger charge is 2.13. The quantitative estimate of drug-likeness (QED) is 0.663. The average Bonchev–Trinajstić information content (AvgIpc) is 2.23. The van der Waals surface area contributed by atoms with Gasteiger partial charge in [-0.1, -0.05) is 18.2 Å². The lowest BCUT2D eigenvalue weighted by Crippen LogP contribution is -1.98. The summed E-state index contributed by atoms with van der Waals surface area (Å²) in [6.45, 7) is 5.32. The van der Waals surface area contributed by atoms with Crippen LogP contribution < -0.4 is 0 Å². The molecule has 0 aliphatic heterocycles. The van der Waals surface area contributed by atoms with Crippen molar-refractivity contribution in [1.82, 2.24) is 0 Å². The highest BCUT2D eigenvalue weighted by Crippen LogP contribution is 2.28. The Hall–Kier alpha value is -1.70. The van der Waals surface area contributed by atoms with E-state index in [2.05, 4.69) is 0 Å². The first-order chi connectivity index (χ1) is 7.52. The first kappa shape index (κ1) is 10.8. The standard InChI is InChI=1S/C14H13FO/c1-8-4-6-11(10(3)16)14-12(15)7-5-9(2)13(8)14/h4-7H,1-3H3. The number of rotatable bonds is 1. The van der Waals surface area contributed by atoms with E-state index in [0.717, 1.165) is 16.5 Å². The van der Waals surface area contributed by atoms with Crippen LogP contribution in [0.2, 0.25) is 0 Å². The van der Waals surface area contributed by atoms with Crippen LogP contribution >= 0.6 is 0 Å². The summed E-state index contributed by atoms with van der Waals surface area (Å²) in [5.41, 5.74) is 2.45. The Morgan fingerprint density at radius 3 is 2.12 bits per heavy atom. The molecule has 0 aromatic heterocycles. The first-order valence-electron chi connectivity index (χ1n) is 5.21. The highest BCUT2D eigenvalue weighted by molar-refractivity contribution is 6.08. The van der Waals surface area contributed by atoms with Crippen LogP contribution in [0.15, 0.2) is 24.3 Å². The van der Waals surface area contributed by atoms with Crippen molar-refractivity contribution >= 4 is 16.6 Å². The highest BCUT2D eigenvalue weighted by atomic mass is 19.1. The van der Waals surface area contributed by atoms with Gasteiger partial charge in [0.25, 0.3) is 0 Å². The minimum atomic E-state index is -0.325. The minimum absolute atomic E-state index is 0.102. The molecule has 0 N–H and O–H groups in total. The van der Waals surface area contributed by atoms with Crippen molar-refractivity contribution in [2.24, 2.45) is 0 Å². The third-order valence-electron chi connectivity index (χ3n) is 2.91. The Morgan fingerprint density at radius 1 is 1.00 bits per heavy atom. The second kappa shape index (κ2) is 3.71. The molecule has 0 spiro atoms. The third kappa shape index (κ3) is 1.51. The molecule has 2 aromatic carbocycles. The fourth-order valence-electron chi connectivity index (χ4n) is 2.12. The average molecular weight is 216 g/mol. The van der Waals surface area contributed by atoms with E-state index in [1.165, 1.54) is 13.0 Å². The molecule has 0 saturated carbocycles. The van der Waals surface area contributed by atoms with Gasteiger partial charge in [0.1, 0.15) is 5.82 Å². The Labute approximate surface area is 93.9 Å². The molecular formula is C14H13FO. The lowest BCUT2D eigenvalue weighted by Gasteiger charge is -2.10. The largest absolute Gasteiger partial charge is 0.294 e. The number of hydrogen-bond donors (Lipinski definition) is 0. The van der Waals surface area contributed by atoms with Crippen molar-refractivity contribution in [3.05, 3.63) is 46.8 Å². The van der Waals surface area contributed by atoms with E-state index in [1.807, 2.05) is 19.9 Å². The van der Waals surface area contributed by atoms with Gasteiger partial charge in [0, 0.05) is 10.9 Å². The Morgan fingerprint density at radius 2 is 1.56 bits per heavy atom. The molecule has 0 heterocycles. The number of fused-ring (bicyclic) bond motifs is 1. The Bertz CT molecular complexity index is 577. The van der Waals surface area contributed by atoms with Crippen LogP contribution in [0.1, 0.15) is 28.4 Å². The minimum Gasteiger partial charge on any atom is -0.294 e. The van der Waals surface area contributed by atoms with Crippen LogP contribution in [-0.2, 0) is 0 Å². The van der Waals surface area contributed by atoms with Gasteiger partial charge in [-0.2, -0.15) is 0 Å². The summed E-state index contributed by atoms with van der Waals surface area (Å²) >= 11 is 0. The van der Waals surface area contributed by atoms with E-state index in [0.29, 0.717) is 10.9 Å². The van der Waals surface area contributed by atoms with Gasteiger partial charge < -0.3 is 0 Å². The Kier molecular flexibility index (Phi) is 2.50. The molecule has 2 heteroatoms. The van der Waals surface area contributed by atoms with Gasteiger partial charge in [0.15, 0.2) is 5.78 Å². The summed E-state index contributed by atoms with van der Waals surface area (Å²) in [5, 5.41) is 1.31. The van der Waals surface area contributed by atoms with E-state index in [1.54, 1.807) is 12.1 Å². The van der Waals surface area contributed by atoms with Crippen molar-refractivity contribution in [2.45, 2.75) is 20.8 Å². The third-order valence-corrected chi connectivity index (χ3v) is 2.91. The van der Waals surface area contributed by atoms with E-state index in [9.17, 15) is 9.18 Å².